The van der Waals surface area contributed by atoms with E-state index in [0.717, 1.165) is 45.4 Å². The molecular weight excluding hydrogens is 456 g/mol. The number of methoxy groups -OCH3 is 1. The van der Waals surface area contributed by atoms with Crippen LogP contribution in [0.2, 0.25) is 0 Å². The molecule has 1 aromatic heterocycles. The van der Waals surface area contributed by atoms with E-state index in [1.807, 2.05) is 0 Å². The average Bonchev–Trinajstić information content (AvgIpc) is 3.22. The second-order valence-electron chi connectivity index (χ2n) is 12.0. The van der Waals surface area contributed by atoms with Crippen molar-refractivity contribution in [3.8, 4) is 11.3 Å². The molecule has 1 heterocycles. The van der Waals surface area contributed by atoms with Crippen molar-refractivity contribution in [1.82, 2.24) is 9.47 Å². The lowest BCUT2D eigenvalue weighted by Crippen LogP contribution is -2.50. The Balaban J connectivity index is 1.86. The molecule has 1 fully saturated rings. The van der Waals surface area contributed by atoms with Gasteiger partial charge in [-0.2, -0.15) is 0 Å². The highest BCUT2D eigenvalue weighted by molar-refractivity contribution is 5.96. The predicted octanol–water partition coefficient (Wildman–Crippen LogP) is 7.49. The highest BCUT2D eigenvalue weighted by Crippen LogP contribution is 2.65. The number of aromatic nitrogens is 1. The zero-order chi connectivity index (χ0) is 26.5. The van der Waals surface area contributed by atoms with Gasteiger partial charge in [0.25, 0.3) is 0 Å². The van der Waals surface area contributed by atoms with Crippen molar-refractivity contribution in [2.45, 2.75) is 84.6 Å². The van der Waals surface area contributed by atoms with Gasteiger partial charge in [-0.1, -0.05) is 71.4 Å². The van der Waals surface area contributed by atoms with E-state index in [0.29, 0.717) is 5.92 Å². The van der Waals surface area contributed by atoms with E-state index < -0.39 is 5.41 Å². The summed E-state index contributed by atoms with van der Waals surface area (Å²) in [6.45, 7) is 17.7. The van der Waals surface area contributed by atoms with Gasteiger partial charge in [0, 0.05) is 40.9 Å². The number of carbonyl (C=O) groups is 1. The van der Waals surface area contributed by atoms with Crippen molar-refractivity contribution >= 4 is 16.9 Å². The van der Waals surface area contributed by atoms with Gasteiger partial charge in [0.15, 0.2) is 0 Å². The first-order chi connectivity index (χ1) is 17.7. The fourth-order valence-electron chi connectivity index (χ4n) is 7.74. The van der Waals surface area contributed by atoms with Crippen LogP contribution in [0.5, 0.6) is 0 Å². The number of hydrogen-bond donors (Lipinski definition) is 0. The fraction of sp³-hybridized carbons (Fsp3) is 0.545. The molecular formula is C33H44N2O2. The fourth-order valence-corrected chi connectivity index (χ4v) is 7.74. The molecule has 2 aromatic carbocycles. The summed E-state index contributed by atoms with van der Waals surface area (Å²) in [5.41, 5.74) is 7.40. The Morgan fingerprint density at radius 1 is 1.11 bits per heavy atom. The summed E-state index contributed by atoms with van der Waals surface area (Å²) in [5, 5.41) is 1.30. The van der Waals surface area contributed by atoms with E-state index in [2.05, 4.69) is 93.5 Å². The minimum absolute atomic E-state index is 0.0632. The van der Waals surface area contributed by atoms with Crippen LogP contribution in [0.3, 0.4) is 0 Å². The first kappa shape index (κ1) is 26.0. The van der Waals surface area contributed by atoms with Crippen LogP contribution < -0.4 is 0 Å². The lowest BCUT2D eigenvalue weighted by atomic mass is 9.49. The predicted molar refractivity (Wildman–Crippen MR) is 153 cm³/mol. The average molecular weight is 501 g/mol. The van der Waals surface area contributed by atoms with Crippen LogP contribution in [-0.4, -0.2) is 42.2 Å². The van der Waals surface area contributed by atoms with Crippen molar-refractivity contribution in [3.05, 3.63) is 59.2 Å². The monoisotopic (exact) mass is 500 g/mol. The minimum Gasteiger partial charge on any atom is -0.469 e. The Labute approximate surface area is 223 Å². The number of hydrogen-bond acceptors (Lipinski definition) is 3. The maximum atomic E-state index is 13.6. The Bertz CT molecular complexity index is 1320. The Hall–Kier alpha value is -2.59. The summed E-state index contributed by atoms with van der Waals surface area (Å²) in [6, 6.07) is 16.0. The maximum absolute atomic E-state index is 13.6. The van der Waals surface area contributed by atoms with Crippen molar-refractivity contribution in [2.24, 2.45) is 5.41 Å². The molecule has 0 spiro atoms. The molecule has 0 unspecified atom stereocenters. The molecule has 37 heavy (non-hydrogen) atoms. The molecule has 2 aliphatic rings. The SMILES string of the molecule is CCN(CC)CCn1c2c(c3ccccc31)[C@H]1[C@](C)(C(=O)OC)CCC[C@]1(C)c1ccc(C(C)C)cc1-2. The Morgan fingerprint density at radius 2 is 1.84 bits per heavy atom. The van der Waals surface area contributed by atoms with Crippen LogP contribution in [0.1, 0.15) is 89.3 Å². The third-order valence-electron chi connectivity index (χ3n) is 9.73. The normalized spacial score (nSPS) is 24.7. The number of esters is 1. The topological polar surface area (TPSA) is 34.5 Å². The molecule has 0 radical (unpaired) electrons. The smallest absolute Gasteiger partial charge is 0.312 e. The van der Waals surface area contributed by atoms with E-state index in [4.69, 9.17) is 4.74 Å². The molecule has 198 valence electrons. The summed E-state index contributed by atoms with van der Waals surface area (Å²) in [5.74, 6) is 0.448. The third kappa shape index (κ3) is 3.86. The number of carbonyl (C=O) groups excluding carboxylic acids is 1. The van der Waals surface area contributed by atoms with Gasteiger partial charge >= 0.3 is 5.97 Å². The largest absolute Gasteiger partial charge is 0.469 e. The Morgan fingerprint density at radius 3 is 2.51 bits per heavy atom. The lowest BCUT2D eigenvalue weighted by molar-refractivity contribution is -0.157. The number of ether oxygens (including phenoxy) is 1. The van der Waals surface area contributed by atoms with E-state index in [1.54, 1.807) is 7.11 Å². The first-order valence-corrected chi connectivity index (χ1v) is 14.3. The van der Waals surface area contributed by atoms with Gasteiger partial charge in [0.05, 0.1) is 18.2 Å². The van der Waals surface area contributed by atoms with Crippen molar-refractivity contribution in [1.29, 1.82) is 0 Å². The van der Waals surface area contributed by atoms with Gasteiger partial charge in [-0.3, -0.25) is 4.79 Å². The number of likely N-dealkylation sites (N-methyl/N-ethyl adjacent to an activating group) is 1. The zero-order valence-electron chi connectivity index (χ0n) is 23.9. The number of benzene rings is 2. The molecule has 0 saturated heterocycles. The molecule has 0 amide bonds. The van der Waals surface area contributed by atoms with Crippen molar-refractivity contribution in [3.63, 3.8) is 0 Å². The molecule has 0 N–H and O–H groups in total. The molecule has 2 aliphatic carbocycles. The van der Waals surface area contributed by atoms with Crippen LogP contribution in [0.25, 0.3) is 22.2 Å². The second kappa shape index (κ2) is 9.62. The van der Waals surface area contributed by atoms with Gasteiger partial charge in [-0.15, -0.1) is 0 Å². The minimum atomic E-state index is -0.571. The number of rotatable bonds is 7. The van der Waals surface area contributed by atoms with Gasteiger partial charge < -0.3 is 14.2 Å². The maximum Gasteiger partial charge on any atom is 0.312 e. The van der Waals surface area contributed by atoms with Crippen molar-refractivity contribution in [2.75, 3.05) is 26.7 Å². The molecule has 5 rings (SSSR count). The molecule has 4 heteroatoms. The summed E-state index contributed by atoms with van der Waals surface area (Å²) < 4.78 is 8.08. The van der Waals surface area contributed by atoms with Gasteiger partial charge in [0.1, 0.15) is 0 Å². The van der Waals surface area contributed by atoms with Gasteiger partial charge in [0.2, 0.25) is 0 Å². The van der Waals surface area contributed by atoms with Crippen LogP contribution in [-0.2, 0) is 21.5 Å². The lowest BCUT2D eigenvalue weighted by Gasteiger charge is -2.54. The Kier molecular flexibility index (Phi) is 6.77. The van der Waals surface area contributed by atoms with Crippen molar-refractivity contribution < 1.29 is 9.53 Å². The quantitative estimate of drug-likeness (QED) is 0.315. The van der Waals surface area contributed by atoms with Gasteiger partial charge in [-0.25, -0.2) is 0 Å². The second-order valence-corrected chi connectivity index (χ2v) is 12.0. The highest BCUT2D eigenvalue weighted by Gasteiger charge is 2.58. The van der Waals surface area contributed by atoms with Crippen LogP contribution >= 0.6 is 0 Å². The molecule has 4 nitrogen and oxygen atoms in total. The van der Waals surface area contributed by atoms with E-state index >= 15 is 0 Å². The standard InChI is InChI=1S/C33H44N2O2/c1-8-34(9-2)19-20-35-27-14-11-10-13-24(27)28-29(35)25-21-23(22(3)4)15-16-26(25)32(5)17-12-18-33(6,30(28)32)31(36)37-7/h10-11,13-16,21-22,30H,8-9,12,17-20H2,1-7H3/t30-,32-,33-/m1/s1. The first-order valence-electron chi connectivity index (χ1n) is 14.3. The summed E-state index contributed by atoms with van der Waals surface area (Å²) in [4.78, 5) is 16.0. The zero-order valence-corrected chi connectivity index (χ0v) is 23.9. The molecule has 3 atom stereocenters. The summed E-state index contributed by atoms with van der Waals surface area (Å²) in [6.07, 6.45) is 2.97. The van der Waals surface area contributed by atoms with E-state index in [1.165, 1.54) is 38.9 Å². The van der Waals surface area contributed by atoms with E-state index in [-0.39, 0.29) is 17.3 Å². The molecule has 1 saturated carbocycles. The molecule has 3 aromatic rings. The molecule has 0 bridgehead atoms. The van der Waals surface area contributed by atoms with Crippen LogP contribution in [0.4, 0.5) is 0 Å². The highest BCUT2D eigenvalue weighted by atomic mass is 16.5. The third-order valence-corrected chi connectivity index (χ3v) is 9.73. The summed E-state index contributed by atoms with van der Waals surface area (Å²) in [7, 11) is 1.56. The van der Waals surface area contributed by atoms with Gasteiger partial charge in [-0.05, 0) is 67.6 Å². The number of fused-ring (bicyclic) bond motifs is 8. The summed E-state index contributed by atoms with van der Waals surface area (Å²) >= 11 is 0. The molecule has 0 aliphatic heterocycles. The van der Waals surface area contributed by atoms with Crippen LogP contribution in [0.15, 0.2) is 42.5 Å². The number of nitrogens with zero attached hydrogens (tertiary/aromatic N) is 2. The van der Waals surface area contributed by atoms with Crippen LogP contribution in [0, 0.1) is 5.41 Å². The van der Waals surface area contributed by atoms with E-state index in [9.17, 15) is 4.79 Å². The number of para-hydroxylation sites is 1.